The second kappa shape index (κ2) is 8.87. The molecule has 2 aliphatic rings. The van der Waals surface area contributed by atoms with Crippen molar-refractivity contribution in [3.05, 3.63) is 83.7 Å². The molecule has 2 aliphatic heterocycles. The molecule has 0 fully saturated rings. The Labute approximate surface area is 195 Å². The first kappa shape index (κ1) is 21.5. The minimum Gasteiger partial charge on any atom is -0.487 e. The topological polar surface area (TPSA) is 101 Å². The lowest BCUT2D eigenvalue weighted by atomic mass is 10.1. The molecule has 0 unspecified atom stereocenters. The van der Waals surface area contributed by atoms with Crippen LogP contribution in [0.25, 0.3) is 0 Å². The number of rotatable bonds is 6. The zero-order valence-corrected chi connectivity index (χ0v) is 19.1. The molecule has 0 saturated carbocycles. The van der Waals surface area contributed by atoms with Gasteiger partial charge in [0.15, 0.2) is 5.17 Å². The first-order valence-electron chi connectivity index (χ1n) is 10.3. The number of nitrogens with one attached hydrogen (secondary N) is 1. The maximum absolute atomic E-state index is 12.7. The number of aromatic nitrogens is 1. The van der Waals surface area contributed by atoms with Crippen LogP contribution in [0.4, 0.5) is 5.69 Å². The van der Waals surface area contributed by atoms with Gasteiger partial charge in [-0.15, -0.1) is 4.40 Å². The number of hydrogen-bond acceptors (Lipinski definition) is 7. The van der Waals surface area contributed by atoms with Gasteiger partial charge in [0.2, 0.25) is 0 Å². The molecular weight excluding hydrogens is 460 g/mol. The number of carbonyl (C=O) groups is 1. The Bertz CT molecular complexity index is 1340. The predicted molar refractivity (Wildman–Crippen MR) is 127 cm³/mol. The lowest BCUT2D eigenvalue weighted by Crippen LogP contribution is -2.35. The lowest BCUT2D eigenvalue weighted by Gasteiger charge is -2.22. The Kier molecular flexibility index (Phi) is 5.77. The third-order valence-corrected chi connectivity index (χ3v) is 7.51. The van der Waals surface area contributed by atoms with Gasteiger partial charge in [-0.1, -0.05) is 18.2 Å². The number of benzene rings is 2. The molecular formula is C23H20N4O4S2. The standard InChI is InChI=1S/C23H20N4O4S2/c28-22(17-7-8-20-21(13-17)32-23-26-33(29,30)11-10-27(20)23)25-14-16-4-3-6-19(12-16)31-15-18-5-1-2-9-24-18/h1-9,12-13H,10-11,14-15H2,(H,25,28). The van der Waals surface area contributed by atoms with E-state index in [9.17, 15) is 13.2 Å². The second-order valence-corrected chi connectivity index (χ2v) is 10.3. The number of carbonyl (C=O) groups excluding carboxylic acids is 1. The van der Waals surface area contributed by atoms with E-state index in [1.807, 2.05) is 53.4 Å². The van der Waals surface area contributed by atoms with Crippen LogP contribution in [-0.2, 0) is 23.2 Å². The van der Waals surface area contributed by atoms with E-state index in [0.717, 1.165) is 21.8 Å². The third kappa shape index (κ3) is 4.86. The van der Waals surface area contributed by atoms with Gasteiger partial charge in [0.1, 0.15) is 12.4 Å². The third-order valence-electron chi connectivity index (χ3n) is 5.20. The minimum atomic E-state index is -3.41. The maximum atomic E-state index is 12.7. The molecule has 3 heterocycles. The summed E-state index contributed by atoms with van der Waals surface area (Å²) in [5.74, 6) is 0.481. The monoisotopic (exact) mass is 480 g/mol. The van der Waals surface area contributed by atoms with Crippen molar-refractivity contribution in [2.24, 2.45) is 4.40 Å². The van der Waals surface area contributed by atoms with Crippen LogP contribution in [0.15, 0.2) is 76.2 Å². The number of fused-ring (bicyclic) bond motifs is 3. The Morgan fingerprint density at radius 3 is 2.88 bits per heavy atom. The van der Waals surface area contributed by atoms with Gasteiger partial charge in [-0.05, 0) is 59.8 Å². The van der Waals surface area contributed by atoms with Gasteiger partial charge >= 0.3 is 0 Å². The average Bonchev–Trinajstić information content (AvgIpc) is 3.17. The summed E-state index contributed by atoms with van der Waals surface area (Å²) in [7, 11) is -3.41. The number of anilines is 1. The van der Waals surface area contributed by atoms with Gasteiger partial charge in [-0.2, -0.15) is 0 Å². The highest BCUT2D eigenvalue weighted by molar-refractivity contribution is 8.15. The Morgan fingerprint density at radius 2 is 2.03 bits per heavy atom. The molecule has 33 heavy (non-hydrogen) atoms. The molecule has 0 radical (unpaired) electrons. The maximum Gasteiger partial charge on any atom is 0.257 e. The van der Waals surface area contributed by atoms with E-state index in [1.165, 1.54) is 11.8 Å². The zero-order chi connectivity index (χ0) is 22.8. The lowest BCUT2D eigenvalue weighted by molar-refractivity contribution is 0.0950. The highest BCUT2D eigenvalue weighted by Gasteiger charge is 2.33. The van der Waals surface area contributed by atoms with Crippen molar-refractivity contribution in [2.45, 2.75) is 18.0 Å². The Hall–Kier alpha value is -3.37. The number of sulfonamides is 1. The number of hydrogen-bond donors (Lipinski definition) is 1. The molecule has 0 aliphatic carbocycles. The summed E-state index contributed by atoms with van der Waals surface area (Å²) in [6.45, 7) is 1.08. The van der Waals surface area contributed by atoms with Gasteiger partial charge in [0, 0.05) is 29.7 Å². The van der Waals surface area contributed by atoms with E-state index < -0.39 is 10.0 Å². The highest BCUT2D eigenvalue weighted by atomic mass is 32.2. The van der Waals surface area contributed by atoms with Crippen LogP contribution in [-0.4, -0.2) is 36.8 Å². The van der Waals surface area contributed by atoms with Gasteiger partial charge in [-0.3, -0.25) is 9.78 Å². The van der Waals surface area contributed by atoms with E-state index >= 15 is 0 Å². The number of nitrogens with zero attached hydrogens (tertiary/aromatic N) is 3. The Morgan fingerprint density at radius 1 is 1.12 bits per heavy atom. The van der Waals surface area contributed by atoms with Gasteiger partial charge < -0.3 is 15.0 Å². The van der Waals surface area contributed by atoms with Crippen LogP contribution in [0.2, 0.25) is 0 Å². The number of ether oxygens (including phenoxy) is 1. The molecule has 0 atom stereocenters. The van der Waals surface area contributed by atoms with Crippen LogP contribution >= 0.6 is 11.8 Å². The van der Waals surface area contributed by atoms with E-state index in [2.05, 4.69) is 14.7 Å². The molecule has 2 aromatic carbocycles. The molecule has 1 N–H and O–H groups in total. The SMILES string of the molecule is O=C(NCc1cccc(OCc2ccccn2)c1)c1ccc2c(c1)SC1=NS(=O)(=O)CCN12. The minimum absolute atomic E-state index is 0.0105. The summed E-state index contributed by atoms with van der Waals surface area (Å²) in [5, 5.41) is 3.37. The number of thioether (sulfide) groups is 1. The van der Waals surface area contributed by atoms with Crippen molar-refractivity contribution in [1.29, 1.82) is 0 Å². The number of amidine groups is 1. The van der Waals surface area contributed by atoms with Gasteiger partial charge in [0.25, 0.3) is 15.9 Å². The van der Waals surface area contributed by atoms with Crippen LogP contribution in [0, 0.1) is 0 Å². The molecule has 0 saturated heterocycles. The number of amides is 1. The van der Waals surface area contributed by atoms with Crippen molar-refractivity contribution in [3.63, 3.8) is 0 Å². The number of pyridine rings is 1. The van der Waals surface area contributed by atoms with E-state index in [-0.39, 0.29) is 11.7 Å². The molecule has 1 aromatic heterocycles. The second-order valence-electron chi connectivity index (χ2n) is 7.54. The largest absolute Gasteiger partial charge is 0.487 e. The van der Waals surface area contributed by atoms with Crippen molar-refractivity contribution in [2.75, 3.05) is 17.2 Å². The molecule has 10 heteroatoms. The van der Waals surface area contributed by atoms with Crippen LogP contribution in [0.1, 0.15) is 21.6 Å². The van der Waals surface area contributed by atoms with Crippen LogP contribution in [0.3, 0.4) is 0 Å². The summed E-state index contributed by atoms with van der Waals surface area (Å²) in [4.78, 5) is 19.7. The van der Waals surface area contributed by atoms with E-state index in [1.54, 1.807) is 18.3 Å². The van der Waals surface area contributed by atoms with Gasteiger partial charge in [0.05, 0.1) is 17.1 Å². The predicted octanol–water partition coefficient (Wildman–Crippen LogP) is 3.20. The van der Waals surface area contributed by atoms with E-state index in [0.29, 0.717) is 36.2 Å². The quantitative estimate of drug-likeness (QED) is 0.578. The van der Waals surface area contributed by atoms with Crippen LogP contribution < -0.4 is 15.0 Å². The normalized spacial score (nSPS) is 15.9. The fourth-order valence-electron chi connectivity index (χ4n) is 3.54. The first-order valence-corrected chi connectivity index (χ1v) is 12.7. The molecule has 1 amide bonds. The molecule has 0 bridgehead atoms. The highest BCUT2D eigenvalue weighted by Crippen LogP contribution is 2.42. The van der Waals surface area contributed by atoms with E-state index in [4.69, 9.17) is 4.74 Å². The first-order chi connectivity index (χ1) is 16.0. The summed E-state index contributed by atoms with van der Waals surface area (Å²) in [6.07, 6.45) is 1.72. The fraction of sp³-hybridized carbons (Fsp3) is 0.174. The van der Waals surface area contributed by atoms with Gasteiger partial charge in [-0.25, -0.2) is 8.42 Å². The summed E-state index contributed by atoms with van der Waals surface area (Å²) in [5.41, 5.74) is 3.13. The summed E-state index contributed by atoms with van der Waals surface area (Å²) in [6, 6.07) is 18.6. The smallest absolute Gasteiger partial charge is 0.257 e. The molecule has 0 spiro atoms. The van der Waals surface area contributed by atoms with Crippen molar-refractivity contribution >= 4 is 38.5 Å². The molecule has 8 nitrogen and oxygen atoms in total. The van der Waals surface area contributed by atoms with Crippen molar-refractivity contribution in [1.82, 2.24) is 10.3 Å². The summed E-state index contributed by atoms with van der Waals surface area (Å²) >= 11 is 1.27. The fourth-order valence-corrected chi connectivity index (χ4v) is 5.84. The van der Waals surface area contributed by atoms with Crippen molar-refractivity contribution in [3.8, 4) is 5.75 Å². The molecule has 3 aromatic rings. The molecule has 168 valence electrons. The summed E-state index contributed by atoms with van der Waals surface area (Å²) < 4.78 is 33.2. The molecule has 5 rings (SSSR count). The Balaban J connectivity index is 1.22. The van der Waals surface area contributed by atoms with Crippen molar-refractivity contribution < 1.29 is 17.9 Å². The zero-order valence-electron chi connectivity index (χ0n) is 17.5. The van der Waals surface area contributed by atoms with Crippen LogP contribution in [0.5, 0.6) is 5.75 Å². The average molecular weight is 481 g/mol.